The van der Waals surface area contributed by atoms with Gasteiger partial charge in [-0.1, -0.05) is 0 Å². The average molecular weight is 79.5 g/mol. The van der Waals surface area contributed by atoms with Crippen molar-refractivity contribution < 1.29 is 4.79 Å². The Balaban J connectivity index is 0. The zero-order valence-corrected chi connectivity index (χ0v) is 2.63. The second-order valence-electron chi connectivity index (χ2n) is 0.102. The number of halogens is 1. The molecule has 0 saturated carbocycles. The smallest absolute Gasteiger partial charge is 0.222 e. The summed E-state index contributed by atoms with van der Waals surface area (Å²) in [6, 6.07) is 0. The first-order valence-electron chi connectivity index (χ1n) is 0.454. The van der Waals surface area contributed by atoms with Crippen LogP contribution in [0.1, 0.15) is 0 Å². The van der Waals surface area contributed by atoms with Crippen LogP contribution in [0.4, 0.5) is 0 Å². The van der Waals surface area contributed by atoms with Crippen molar-refractivity contribution >= 4 is 18.5 Å². The van der Waals surface area contributed by atoms with Crippen molar-refractivity contribution in [3.05, 3.63) is 0 Å². The van der Waals surface area contributed by atoms with Gasteiger partial charge in [-0.05, 0) is 0 Å². The molecule has 0 aromatic rings. The number of rotatable bonds is 0. The Hall–Kier alpha value is -0.330. The molecule has 0 aliphatic heterocycles. The van der Waals surface area contributed by atoms with Gasteiger partial charge in [0.15, 0.2) is 0 Å². The topological polar surface area (TPSA) is 40.9 Å². The summed E-state index contributed by atoms with van der Waals surface area (Å²) in [5.41, 5.74) is 0. The van der Waals surface area contributed by atoms with Crippen LogP contribution in [0.2, 0.25) is 0 Å². The highest BCUT2D eigenvalue weighted by Gasteiger charge is 1.03. The fourth-order valence-electron chi connectivity index (χ4n) is 0. The van der Waals surface area contributed by atoms with Crippen LogP contribution in [0, 0.1) is 5.41 Å². The van der Waals surface area contributed by atoms with Crippen LogP contribution in [0.25, 0.3) is 0 Å². The largest absolute Gasteiger partial charge is 0.231 e. The van der Waals surface area contributed by atoms with E-state index in [1.807, 2.05) is 0 Å². The van der Waals surface area contributed by atoms with Gasteiger partial charge in [-0.2, -0.15) is 0 Å². The quantitative estimate of drug-likeness (QED) is 0.330. The van der Waals surface area contributed by atoms with Crippen molar-refractivity contribution in [3.8, 4) is 0 Å². The van der Waals surface area contributed by atoms with Gasteiger partial charge in [-0.15, -0.1) is 12.4 Å². The van der Waals surface area contributed by atoms with E-state index >= 15 is 0 Å². The SMILES string of the molecule is Cl.N=C=O. The van der Waals surface area contributed by atoms with Gasteiger partial charge in [-0.25, -0.2) is 10.2 Å². The summed E-state index contributed by atoms with van der Waals surface area (Å²) in [4.78, 5) is 8.35. The second kappa shape index (κ2) is 16.6. The molecule has 0 atom stereocenters. The normalized spacial score (nSPS) is 2.00. The maximum absolute atomic E-state index is 8.35. The monoisotopic (exact) mass is 79.0 g/mol. The first-order valence-corrected chi connectivity index (χ1v) is 0.454. The molecule has 24 valence electrons. The molecule has 0 aliphatic carbocycles. The van der Waals surface area contributed by atoms with Gasteiger partial charge in [-0.3, -0.25) is 0 Å². The molecule has 0 aromatic heterocycles. The molecule has 0 aromatic carbocycles. The van der Waals surface area contributed by atoms with E-state index in [0.717, 1.165) is 6.08 Å². The van der Waals surface area contributed by atoms with Crippen molar-refractivity contribution in [1.29, 1.82) is 5.41 Å². The number of isocyanates is 1. The molecule has 4 heavy (non-hydrogen) atoms. The molecule has 0 fully saturated rings. The molecule has 0 saturated heterocycles. The Labute approximate surface area is 29.7 Å². The van der Waals surface area contributed by atoms with Crippen molar-refractivity contribution in [1.82, 2.24) is 0 Å². The third-order valence-corrected chi connectivity index (χ3v) is 0. The summed E-state index contributed by atoms with van der Waals surface area (Å²) < 4.78 is 0. The van der Waals surface area contributed by atoms with Crippen molar-refractivity contribution in [2.24, 2.45) is 0 Å². The Kier molecular flexibility index (Phi) is 38.9. The summed E-state index contributed by atoms with van der Waals surface area (Å²) in [6.45, 7) is 0. The van der Waals surface area contributed by atoms with Gasteiger partial charge in [0.05, 0.1) is 0 Å². The minimum Gasteiger partial charge on any atom is -0.222 e. The van der Waals surface area contributed by atoms with E-state index in [1.165, 1.54) is 0 Å². The van der Waals surface area contributed by atoms with Gasteiger partial charge in [0.1, 0.15) is 0 Å². The van der Waals surface area contributed by atoms with Gasteiger partial charge in [0.25, 0.3) is 0 Å². The fourth-order valence-corrected chi connectivity index (χ4v) is 0. The Bertz CT molecular complexity index is 29.0. The maximum atomic E-state index is 8.35. The van der Waals surface area contributed by atoms with E-state index in [2.05, 4.69) is 0 Å². The van der Waals surface area contributed by atoms with E-state index < -0.39 is 0 Å². The Morgan fingerprint density at radius 1 is 1.75 bits per heavy atom. The molecule has 0 amide bonds. The van der Waals surface area contributed by atoms with Crippen LogP contribution in [-0.2, 0) is 4.79 Å². The lowest BCUT2D eigenvalue weighted by atomic mass is 11.7. The van der Waals surface area contributed by atoms with Crippen LogP contribution in [0.15, 0.2) is 0 Å². The summed E-state index contributed by atoms with van der Waals surface area (Å²) >= 11 is 0. The van der Waals surface area contributed by atoms with Gasteiger partial charge >= 0.3 is 0 Å². The lowest BCUT2D eigenvalue weighted by Gasteiger charge is -1.02. The fraction of sp³-hybridized carbons (Fsp3) is 0. The summed E-state index contributed by atoms with van der Waals surface area (Å²) in [5, 5.41) is 5.40. The predicted molar refractivity (Wildman–Crippen MR) is 15.7 cm³/mol. The second-order valence-corrected chi connectivity index (χ2v) is 0.102. The summed E-state index contributed by atoms with van der Waals surface area (Å²) in [7, 11) is 0. The lowest BCUT2D eigenvalue weighted by Crippen LogP contribution is -1.16. The molecular formula is CH2ClNO. The molecule has 0 aliphatic rings. The van der Waals surface area contributed by atoms with Gasteiger partial charge in [0.2, 0.25) is 6.08 Å². The average Bonchev–Trinajstić information content (AvgIpc) is 0.918. The zero-order valence-electron chi connectivity index (χ0n) is 1.82. The molecule has 2 nitrogen and oxygen atoms in total. The van der Waals surface area contributed by atoms with Crippen molar-refractivity contribution in [2.75, 3.05) is 0 Å². The maximum Gasteiger partial charge on any atom is 0.231 e. The molecule has 1 N–H and O–H groups in total. The van der Waals surface area contributed by atoms with Gasteiger partial charge in [0, 0.05) is 0 Å². The summed E-state index contributed by atoms with van der Waals surface area (Å²) in [6.07, 6.45) is 0.750. The van der Waals surface area contributed by atoms with E-state index in [9.17, 15) is 0 Å². The third-order valence-electron chi connectivity index (χ3n) is 0. The van der Waals surface area contributed by atoms with Crippen molar-refractivity contribution in [2.45, 2.75) is 0 Å². The standard InChI is InChI=1S/CHNO.ClH/c2-1-3;/h2H;1H. The van der Waals surface area contributed by atoms with E-state index in [4.69, 9.17) is 10.2 Å². The van der Waals surface area contributed by atoms with Crippen LogP contribution >= 0.6 is 12.4 Å². The predicted octanol–water partition coefficient (Wildman–Crippen LogP) is 0.323. The number of hydrogen-bond acceptors (Lipinski definition) is 2. The first-order chi connectivity index (χ1) is 1.41. The van der Waals surface area contributed by atoms with Crippen LogP contribution in [0.3, 0.4) is 0 Å². The van der Waals surface area contributed by atoms with Crippen LogP contribution in [-0.4, -0.2) is 6.08 Å². The molecule has 3 heteroatoms. The molecule has 0 bridgehead atoms. The Morgan fingerprint density at radius 2 is 1.75 bits per heavy atom. The highest BCUT2D eigenvalue weighted by Crippen LogP contribution is 0.868. The van der Waals surface area contributed by atoms with E-state index in [0.29, 0.717) is 0 Å². The highest BCUT2D eigenvalue weighted by atomic mass is 35.5. The zero-order chi connectivity index (χ0) is 2.71. The third kappa shape index (κ3) is 6.88. The minimum atomic E-state index is 0. The molecule has 0 radical (unpaired) electrons. The van der Waals surface area contributed by atoms with Crippen LogP contribution < -0.4 is 0 Å². The van der Waals surface area contributed by atoms with Crippen molar-refractivity contribution in [3.63, 3.8) is 0 Å². The lowest BCUT2D eigenvalue weighted by molar-refractivity contribution is 0.563. The number of nitrogens with one attached hydrogen (secondary N) is 1. The molecule has 0 unspecified atom stereocenters. The number of hydrogen-bond donors (Lipinski definition) is 1. The van der Waals surface area contributed by atoms with Gasteiger partial charge < -0.3 is 0 Å². The van der Waals surface area contributed by atoms with E-state index in [-0.39, 0.29) is 12.4 Å². The first kappa shape index (κ1) is 9.38. The Morgan fingerprint density at radius 3 is 1.75 bits per heavy atom. The summed E-state index contributed by atoms with van der Waals surface area (Å²) in [5.74, 6) is 0. The molecular weight excluding hydrogens is 77.5 g/mol. The number of carbonyl (C=O) groups excluding carboxylic acids is 1. The minimum absolute atomic E-state index is 0. The molecule has 0 rings (SSSR count). The van der Waals surface area contributed by atoms with E-state index in [1.54, 1.807) is 0 Å². The molecule has 0 heterocycles. The molecule has 0 spiro atoms. The van der Waals surface area contributed by atoms with Crippen LogP contribution in [0.5, 0.6) is 0 Å². The highest BCUT2D eigenvalue weighted by molar-refractivity contribution is 5.85.